The van der Waals surface area contributed by atoms with Crippen LogP contribution in [0.3, 0.4) is 0 Å². The summed E-state index contributed by atoms with van der Waals surface area (Å²) in [6.07, 6.45) is 8.70. The van der Waals surface area contributed by atoms with E-state index >= 15 is 0 Å². The van der Waals surface area contributed by atoms with Crippen LogP contribution in [0.4, 0.5) is 10.2 Å². The van der Waals surface area contributed by atoms with Gasteiger partial charge in [0, 0.05) is 35.0 Å². The minimum absolute atomic E-state index is 0.0763. The molecule has 1 amide bonds. The number of thiophene rings is 1. The summed E-state index contributed by atoms with van der Waals surface area (Å²) in [4.78, 5) is 21.9. The number of ether oxygens (including phenoxy) is 1. The molecule has 1 aliphatic carbocycles. The number of carbonyl (C=O) groups excluding carboxylic acids is 1. The van der Waals surface area contributed by atoms with Crippen molar-refractivity contribution in [1.82, 2.24) is 15.3 Å². The first-order chi connectivity index (χ1) is 19.6. The Hall–Kier alpha value is -3.38. The Balaban J connectivity index is 1.24. The summed E-state index contributed by atoms with van der Waals surface area (Å²) < 4.78 is 42.8. The number of amides is 1. The predicted octanol–water partition coefficient (Wildman–Crippen LogP) is 5.14. The average Bonchev–Trinajstić information content (AvgIpc) is 3.29. The number of fused-ring (bicyclic) bond motifs is 3. The Morgan fingerprint density at radius 1 is 1.17 bits per heavy atom. The molecule has 41 heavy (non-hydrogen) atoms. The lowest BCUT2D eigenvalue weighted by molar-refractivity contribution is -0.120. The van der Waals surface area contributed by atoms with Crippen LogP contribution in [0.15, 0.2) is 72.7 Å². The van der Waals surface area contributed by atoms with Crippen LogP contribution in [0.5, 0.6) is 0 Å². The summed E-state index contributed by atoms with van der Waals surface area (Å²) in [7, 11) is -3.12. The number of nitrogens with zero attached hydrogens (tertiary/aromatic N) is 2. The van der Waals surface area contributed by atoms with Crippen molar-refractivity contribution < 1.29 is 22.3 Å². The standard InChI is InChI=1S/C29H28ClFN4O4S2/c1-41(37,38)12-11-32-26(36)10-6-18-5-8-22-25(14-18)40-29-27(22)28(33-17-34-29)35-21-7-9-24(23(30)15-21)39-16-19-3-2-4-20(31)13-19/h2-5,7-9,13-15,17,23-24H,6,10-12,16H2,1H3,(H,32,36)(H,33,34,35). The Kier molecular flexibility index (Phi) is 8.98. The van der Waals surface area contributed by atoms with Crippen LogP contribution in [0.1, 0.15) is 17.5 Å². The highest BCUT2D eigenvalue weighted by Gasteiger charge is 2.21. The number of aryl methyl sites for hydroxylation is 1. The van der Waals surface area contributed by atoms with Gasteiger partial charge in [-0.25, -0.2) is 22.8 Å². The molecule has 0 aliphatic heterocycles. The van der Waals surface area contributed by atoms with Crippen LogP contribution in [0, 0.1) is 5.82 Å². The van der Waals surface area contributed by atoms with Crippen LogP contribution >= 0.6 is 22.9 Å². The van der Waals surface area contributed by atoms with E-state index in [2.05, 4.69) is 20.6 Å². The molecule has 214 valence electrons. The van der Waals surface area contributed by atoms with Crippen molar-refractivity contribution in [3.8, 4) is 0 Å². The van der Waals surface area contributed by atoms with Crippen molar-refractivity contribution in [2.24, 2.45) is 0 Å². The number of rotatable bonds is 11. The van der Waals surface area contributed by atoms with E-state index in [1.807, 2.05) is 36.4 Å². The Morgan fingerprint density at radius 3 is 2.80 bits per heavy atom. The fourth-order valence-corrected chi connectivity index (χ4v) is 6.31. The predicted molar refractivity (Wildman–Crippen MR) is 161 cm³/mol. The van der Waals surface area contributed by atoms with Crippen molar-refractivity contribution in [2.45, 2.75) is 30.9 Å². The van der Waals surface area contributed by atoms with Gasteiger partial charge in [-0.05, 0) is 47.9 Å². The molecule has 12 heteroatoms. The highest BCUT2D eigenvalue weighted by atomic mass is 35.5. The zero-order valence-electron chi connectivity index (χ0n) is 22.1. The number of aromatic nitrogens is 2. The largest absolute Gasteiger partial charge is 0.368 e. The number of benzene rings is 2. The number of sulfone groups is 1. The van der Waals surface area contributed by atoms with Gasteiger partial charge in [-0.2, -0.15) is 0 Å². The molecule has 0 fully saturated rings. The molecule has 0 saturated heterocycles. The van der Waals surface area contributed by atoms with Crippen molar-refractivity contribution in [3.05, 3.63) is 89.7 Å². The summed E-state index contributed by atoms with van der Waals surface area (Å²) in [5.41, 5.74) is 2.50. The molecule has 2 unspecified atom stereocenters. The van der Waals surface area contributed by atoms with E-state index in [9.17, 15) is 17.6 Å². The number of hydrogen-bond donors (Lipinski definition) is 2. The molecule has 2 aromatic carbocycles. The maximum atomic E-state index is 13.5. The van der Waals surface area contributed by atoms with E-state index in [0.29, 0.717) is 12.2 Å². The van der Waals surface area contributed by atoms with Gasteiger partial charge in [0.25, 0.3) is 0 Å². The summed E-state index contributed by atoms with van der Waals surface area (Å²) in [6, 6.07) is 12.3. The normalized spacial score (nSPS) is 17.1. The number of anilines is 1. The molecule has 2 atom stereocenters. The summed E-state index contributed by atoms with van der Waals surface area (Å²) in [5, 5.41) is 7.47. The van der Waals surface area contributed by atoms with Gasteiger partial charge in [-0.3, -0.25) is 4.79 Å². The zero-order valence-corrected chi connectivity index (χ0v) is 24.5. The van der Waals surface area contributed by atoms with Crippen LogP contribution < -0.4 is 10.6 Å². The van der Waals surface area contributed by atoms with E-state index in [0.717, 1.165) is 43.4 Å². The number of alkyl halides is 1. The van der Waals surface area contributed by atoms with E-state index in [1.165, 1.54) is 18.5 Å². The first-order valence-electron chi connectivity index (χ1n) is 12.9. The number of allylic oxidation sites excluding steroid dienone is 1. The Labute approximate surface area is 246 Å². The molecule has 5 rings (SSSR count). The van der Waals surface area contributed by atoms with E-state index in [-0.39, 0.29) is 43.2 Å². The molecule has 1 aliphatic rings. The van der Waals surface area contributed by atoms with E-state index in [4.69, 9.17) is 16.3 Å². The fraction of sp³-hybridized carbons (Fsp3) is 0.276. The quantitative estimate of drug-likeness (QED) is 0.225. The zero-order chi connectivity index (χ0) is 29.0. The third-order valence-electron chi connectivity index (χ3n) is 6.48. The molecule has 2 heterocycles. The number of nitrogens with one attached hydrogen (secondary N) is 2. The lowest BCUT2D eigenvalue weighted by Gasteiger charge is -2.22. The second kappa shape index (κ2) is 12.6. The summed E-state index contributed by atoms with van der Waals surface area (Å²) in [6.45, 7) is 0.357. The van der Waals surface area contributed by atoms with Crippen molar-refractivity contribution in [1.29, 1.82) is 0 Å². The molecule has 2 aromatic heterocycles. The molecular formula is C29H28ClFN4O4S2. The molecule has 2 N–H and O–H groups in total. The number of hydrogen-bond acceptors (Lipinski definition) is 8. The lowest BCUT2D eigenvalue weighted by atomic mass is 10.1. The highest BCUT2D eigenvalue weighted by Crippen LogP contribution is 2.37. The van der Waals surface area contributed by atoms with Gasteiger partial charge in [-0.15, -0.1) is 22.9 Å². The number of carbonyl (C=O) groups is 1. The van der Waals surface area contributed by atoms with Crippen molar-refractivity contribution >= 4 is 64.8 Å². The fourth-order valence-electron chi connectivity index (χ4n) is 4.44. The molecule has 4 aromatic rings. The molecule has 0 bridgehead atoms. The Morgan fingerprint density at radius 2 is 2.02 bits per heavy atom. The highest BCUT2D eigenvalue weighted by molar-refractivity contribution is 7.90. The summed E-state index contributed by atoms with van der Waals surface area (Å²) >= 11 is 8.14. The van der Waals surface area contributed by atoms with Crippen LogP contribution in [-0.4, -0.2) is 54.3 Å². The van der Waals surface area contributed by atoms with Gasteiger partial charge >= 0.3 is 0 Å². The van der Waals surface area contributed by atoms with Crippen molar-refractivity contribution in [3.63, 3.8) is 0 Å². The third kappa shape index (κ3) is 7.68. The SMILES string of the molecule is CS(=O)(=O)CCNC(=O)CCc1ccc2c(c1)sc1ncnc(NC3=CC(Cl)C(OCc4cccc(F)c4)C=C3)c12. The maximum Gasteiger partial charge on any atom is 0.220 e. The van der Waals surface area contributed by atoms with E-state index < -0.39 is 15.2 Å². The lowest BCUT2D eigenvalue weighted by Crippen LogP contribution is -2.28. The molecule has 0 spiro atoms. The van der Waals surface area contributed by atoms with Gasteiger partial charge < -0.3 is 15.4 Å². The average molecular weight is 615 g/mol. The molecular weight excluding hydrogens is 587 g/mol. The monoisotopic (exact) mass is 614 g/mol. The van der Waals surface area contributed by atoms with Gasteiger partial charge in [0.2, 0.25) is 5.91 Å². The molecule has 0 saturated carbocycles. The maximum absolute atomic E-state index is 13.5. The van der Waals surface area contributed by atoms with E-state index in [1.54, 1.807) is 23.5 Å². The van der Waals surface area contributed by atoms with Crippen LogP contribution in [0.2, 0.25) is 0 Å². The minimum Gasteiger partial charge on any atom is -0.368 e. The van der Waals surface area contributed by atoms with Gasteiger partial charge in [0.1, 0.15) is 32.6 Å². The topological polar surface area (TPSA) is 110 Å². The van der Waals surface area contributed by atoms with Crippen molar-refractivity contribution in [2.75, 3.05) is 23.9 Å². The van der Waals surface area contributed by atoms with Gasteiger partial charge in [0.15, 0.2) is 0 Å². The van der Waals surface area contributed by atoms with Crippen LogP contribution in [0.25, 0.3) is 20.3 Å². The summed E-state index contributed by atoms with van der Waals surface area (Å²) in [5.74, 6) is 0.0833. The number of halogens is 2. The van der Waals surface area contributed by atoms with Gasteiger partial charge in [-0.1, -0.05) is 30.3 Å². The molecule has 0 radical (unpaired) electrons. The molecule has 8 nitrogen and oxygen atoms in total. The smallest absolute Gasteiger partial charge is 0.220 e. The van der Waals surface area contributed by atoms with Gasteiger partial charge in [0.05, 0.1) is 29.2 Å². The first kappa shape index (κ1) is 29.1. The Bertz CT molecular complexity index is 1760. The minimum atomic E-state index is -3.12. The van der Waals surface area contributed by atoms with Crippen LogP contribution in [-0.2, 0) is 32.4 Å². The third-order valence-corrected chi connectivity index (χ3v) is 8.86. The second-order valence-corrected chi connectivity index (χ2v) is 13.6. The second-order valence-electron chi connectivity index (χ2n) is 9.77. The first-order valence-corrected chi connectivity index (χ1v) is 16.2.